The summed E-state index contributed by atoms with van der Waals surface area (Å²) in [4.78, 5) is 12.2. The Hall–Kier alpha value is -1.35. The van der Waals surface area contributed by atoms with Gasteiger partial charge in [0.2, 0.25) is 0 Å². The second-order valence-corrected chi connectivity index (χ2v) is 6.29. The van der Waals surface area contributed by atoms with E-state index in [0.717, 1.165) is 25.2 Å². The van der Waals surface area contributed by atoms with Crippen LogP contribution in [0.5, 0.6) is 0 Å². The molecular formula is C16H22N2O. The van der Waals surface area contributed by atoms with E-state index in [0.29, 0.717) is 5.41 Å². The first kappa shape index (κ1) is 12.7. The molecule has 0 atom stereocenters. The molecule has 1 aliphatic heterocycles. The number of nitrogens with one attached hydrogen (secondary N) is 2. The number of hydrogen-bond acceptors (Lipinski definition) is 2. The minimum absolute atomic E-state index is 0.0721. The molecule has 3 rings (SSSR count). The smallest absolute Gasteiger partial charge is 0.251 e. The zero-order chi connectivity index (χ0) is 13.3. The van der Waals surface area contributed by atoms with Crippen LogP contribution in [0.1, 0.15) is 54.1 Å². The third-order valence-corrected chi connectivity index (χ3v) is 4.59. The monoisotopic (exact) mass is 258 g/mol. The molecule has 0 radical (unpaired) electrons. The van der Waals surface area contributed by atoms with Crippen molar-refractivity contribution in [2.24, 2.45) is 5.41 Å². The minimum atomic E-state index is 0.0721. The Morgan fingerprint density at radius 2 is 2.00 bits per heavy atom. The van der Waals surface area contributed by atoms with Crippen molar-refractivity contribution in [3.05, 3.63) is 34.9 Å². The lowest BCUT2D eigenvalue weighted by molar-refractivity contribution is 0.0934. The van der Waals surface area contributed by atoms with Crippen LogP contribution in [0.15, 0.2) is 18.2 Å². The van der Waals surface area contributed by atoms with Gasteiger partial charge in [-0.3, -0.25) is 4.79 Å². The SMILES string of the molecule is CC1(CNC(=O)c2ccc3c(c2)CNC3)CCCC1. The van der Waals surface area contributed by atoms with Crippen LogP contribution in [0.25, 0.3) is 0 Å². The predicted molar refractivity (Wildman–Crippen MR) is 75.9 cm³/mol. The van der Waals surface area contributed by atoms with E-state index in [9.17, 15) is 4.79 Å². The van der Waals surface area contributed by atoms with Crippen LogP contribution < -0.4 is 10.6 Å². The molecule has 2 aliphatic rings. The average molecular weight is 258 g/mol. The van der Waals surface area contributed by atoms with Gasteiger partial charge in [-0.05, 0) is 41.5 Å². The van der Waals surface area contributed by atoms with Crippen LogP contribution in [0.3, 0.4) is 0 Å². The summed E-state index contributed by atoms with van der Waals surface area (Å²) in [5.74, 6) is 0.0721. The Balaban J connectivity index is 1.64. The van der Waals surface area contributed by atoms with Gasteiger partial charge in [0.05, 0.1) is 0 Å². The predicted octanol–water partition coefficient (Wildman–Crippen LogP) is 2.60. The van der Waals surface area contributed by atoms with Gasteiger partial charge in [-0.1, -0.05) is 25.8 Å². The summed E-state index contributed by atoms with van der Waals surface area (Å²) in [7, 11) is 0. The number of fused-ring (bicyclic) bond motifs is 1. The fraction of sp³-hybridized carbons (Fsp3) is 0.562. The van der Waals surface area contributed by atoms with Crippen molar-refractivity contribution in [2.75, 3.05) is 6.54 Å². The number of rotatable bonds is 3. The second kappa shape index (κ2) is 4.97. The summed E-state index contributed by atoms with van der Waals surface area (Å²) in [5, 5.41) is 6.42. The van der Waals surface area contributed by atoms with Crippen LogP contribution in [-0.2, 0) is 13.1 Å². The highest BCUT2D eigenvalue weighted by atomic mass is 16.1. The number of carbonyl (C=O) groups is 1. The van der Waals surface area contributed by atoms with Gasteiger partial charge in [-0.2, -0.15) is 0 Å². The van der Waals surface area contributed by atoms with E-state index in [-0.39, 0.29) is 5.91 Å². The molecule has 1 aromatic carbocycles. The van der Waals surface area contributed by atoms with Crippen molar-refractivity contribution < 1.29 is 4.79 Å². The van der Waals surface area contributed by atoms with Crippen molar-refractivity contribution in [3.8, 4) is 0 Å². The highest BCUT2D eigenvalue weighted by Gasteiger charge is 2.29. The van der Waals surface area contributed by atoms with Gasteiger partial charge < -0.3 is 10.6 Å². The lowest BCUT2D eigenvalue weighted by Crippen LogP contribution is -2.34. The minimum Gasteiger partial charge on any atom is -0.351 e. The fourth-order valence-electron chi connectivity index (χ4n) is 3.24. The first-order chi connectivity index (χ1) is 9.16. The van der Waals surface area contributed by atoms with E-state index >= 15 is 0 Å². The topological polar surface area (TPSA) is 41.1 Å². The highest BCUT2D eigenvalue weighted by molar-refractivity contribution is 5.94. The van der Waals surface area contributed by atoms with Gasteiger partial charge in [0.25, 0.3) is 5.91 Å². The molecule has 0 spiro atoms. The van der Waals surface area contributed by atoms with Crippen LogP contribution in [0.4, 0.5) is 0 Å². The molecule has 102 valence electrons. The van der Waals surface area contributed by atoms with Gasteiger partial charge >= 0.3 is 0 Å². The number of amides is 1. The largest absolute Gasteiger partial charge is 0.351 e. The Morgan fingerprint density at radius 3 is 2.79 bits per heavy atom. The van der Waals surface area contributed by atoms with Crippen LogP contribution in [-0.4, -0.2) is 12.5 Å². The number of carbonyl (C=O) groups excluding carboxylic acids is 1. The molecule has 1 aromatic rings. The quantitative estimate of drug-likeness (QED) is 0.875. The third-order valence-electron chi connectivity index (χ3n) is 4.59. The summed E-state index contributed by atoms with van der Waals surface area (Å²) in [6.45, 7) is 4.90. The Kier molecular flexibility index (Phi) is 3.31. The average Bonchev–Trinajstić information content (AvgIpc) is 3.04. The summed E-state index contributed by atoms with van der Waals surface area (Å²) >= 11 is 0. The van der Waals surface area contributed by atoms with Gasteiger partial charge in [-0.25, -0.2) is 0 Å². The van der Waals surface area contributed by atoms with Crippen molar-refractivity contribution in [1.82, 2.24) is 10.6 Å². The highest BCUT2D eigenvalue weighted by Crippen LogP contribution is 2.36. The molecule has 1 heterocycles. The van der Waals surface area contributed by atoms with Crippen LogP contribution in [0.2, 0.25) is 0 Å². The Morgan fingerprint density at radius 1 is 1.26 bits per heavy atom. The molecule has 3 heteroatoms. The molecular weight excluding hydrogens is 236 g/mol. The number of hydrogen-bond donors (Lipinski definition) is 2. The standard InChI is InChI=1S/C16H22N2O/c1-16(6-2-3-7-16)11-18-15(19)12-4-5-13-9-17-10-14(13)8-12/h4-5,8,17H,2-3,6-7,9-11H2,1H3,(H,18,19). The van der Waals surface area contributed by atoms with Crippen molar-refractivity contribution in [2.45, 2.75) is 45.7 Å². The zero-order valence-electron chi connectivity index (χ0n) is 11.6. The lowest BCUT2D eigenvalue weighted by Gasteiger charge is -2.23. The molecule has 1 amide bonds. The van der Waals surface area contributed by atoms with Crippen LogP contribution in [0, 0.1) is 5.41 Å². The summed E-state index contributed by atoms with van der Waals surface area (Å²) in [6, 6.07) is 6.04. The molecule has 0 saturated heterocycles. The molecule has 0 bridgehead atoms. The van der Waals surface area contributed by atoms with Gasteiger partial charge in [0.1, 0.15) is 0 Å². The van der Waals surface area contributed by atoms with Crippen molar-refractivity contribution in [1.29, 1.82) is 0 Å². The van der Waals surface area contributed by atoms with E-state index in [1.54, 1.807) is 0 Å². The van der Waals surface area contributed by atoms with Gasteiger partial charge in [0.15, 0.2) is 0 Å². The summed E-state index contributed by atoms with van der Waals surface area (Å²) < 4.78 is 0. The van der Waals surface area contributed by atoms with E-state index in [1.165, 1.54) is 36.8 Å². The maximum Gasteiger partial charge on any atom is 0.251 e. The first-order valence-corrected chi connectivity index (χ1v) is 7.27. The van der Waals surface area contributed by atoms with Gasteiger partial charge in [0, 0.05) is 25.2 Å². The molecule has 1 aliphatic carbocycles. The molecule has 0 aromatic heterocycles. The maximum absolute atomic E-state index is 12.2. The van der Waals surface area contributed by atoms with E-state index in [1.807, 2.05) is 12.1 Å². The van der Waals surface area contributed by atoms with E-state index < -0.39 is 0 Å². The van der Waals surface area contributed by atoms with Crippen molar-refractivity contribution in [3.63, 3.8) is 0 Å². The fourth-order valence-corrected chi connectivity index (χ4v) is 3.24. The molecule has 2 N–H and O–H groups in total. The third kappa shape index (κ3) is 2.66. The van der Waals surface area contributed by atoms with Gasteiger partial charge in [-0.15, -0.1) is 0 Å². The molecule has 1 saturated carbocycles. The first-order valence-electron chi connectivity index (χ1n) is 7.27. The molecule has 1 fully saturated rings. The summed E-state index contributed by atoms with van der Waals surface area (Å²) in [6.07, 6.45) is 5.08. The normalized spacial score (nSPS) is 20.3. The van der Waals surface area contributed by atoms with E-state index in [4.69, 9.17) is 0 Å². The molecule has 19 heavy (non-hydrogen) atoms. The Labute approximate surface area is 114 Å². The molecule has 3 nitrogen and oxygen atoms in total. The van der Waals surface area contributed by atoms with E-state index in [2.05, 4.69) is 23.6 Å². The second-order valence-electron chi connectivity index (χ2n) is 6.29. The van der Waals surface area contributed by atoms with Crippen LogP contribution >= 0.6 is 0 Å². The zero-order valence-corrected chi connectivity index (χ0v) is 11.6. The summed E-state index contributed by atoms with van der Waals surface area (Å²) in [5.41, 5.74) is 3.69. The molecule has 0 unspecified atom stereocenters. The lowest BCUT2D eigenvalue weighted by atomic mass is 9.89. The Bertz CT molecular complexity index is 490. The maximum atomic E-state index is 12.2. The van der Waals surface area contributed by atoms with Crippen molar-refractivity contribution >= 4 is 5.91 Å². The number of benzene rings is 1.